The average molecular weight is 520 g/mol. The molecule has 0 radical (unpaired) electrons. The van der Waals surface area contributed by atoms with Crippen LogP contribution >= 0.6 is 0 Å². The Morgan fingerprint density at radius 2 is 2.03 bits per heavy atom. The normalized spacial score (nSPS) is 30.1. The van der Waals surface area contributed by atoms with Crippen LogP contribution in [0.1, 0.15) is 92.9 Å². The molecule has 7 heteroatoms. The van der Waals surface area contributed by atoms with Gasteiger partial charge in [0.15, 0.2) is 0 Å². The van der Waals surface area contributed by atoms with Crippen molar-refractivity contribution >= 4 is 11.9 Å². The SMILES string of the molecule is CCC(O)C(C)C1OC1CC(C)(O)/C=C/C=C(\C)C1C/C=C/C(OC(C)=O)CCCCCC(=O)N1CC. The Kier molecular flexibility index (Phi) is 12.5. The lowest BCUT2D eigenvalue weighted by Gasteiger charge is -2.32. The Balaban J connectivity index is 2.11. The summed E-state index contributed by atoms with van der Waals surface area (Å²) in [6.45, 7) is 11.8. The van der Waals surface area contributed by atoms with E-state index in [4.69, 9.17) is 9.47 Å². The monoisotopic (exact) mass is 519 g/mol. The Labute approximate surface area is 223 Å². The lowest BCUT2D eigenvalue weighted by Crippen LogP contribution is -2.40. The van der Waals surface area contributed by atoms with Crippen molar-refractivity contribution in [3.05, 3.63) is 36.0 Å². The van der Waals surface area contributed by atoms with Gasteiger partial charge in [-0.05, 0) is 59.0 Å². The molecule has 1 amide bonds. The second-order valence-electron chi connectivity index (χ2n) is 10.9. The summed E-state index contributed by atoms with van der Waals surface area (Å²) in [6, 6.07) is -0.117. The maximum atomic E-state index is 13.0. The number of hydrogen-bond donors (Lipinski definition) is 2. The van der Waals surface area contributed by atoms with Crippen molar-refractivity contribution in [2.24, 2.45) is 5.92 Å². The van der Waals surface area contributed by atoms with Crippen molar-refractivity contribution < 1.29 is 29.3 Å². The highest BCUT2D eigenvalue weighted by Gasteiger charge is 2.47. The Morgan fingerprint density at radius 3 is 2.68 bits per heavy atom. The van der Waals surface area contributed by atoms with Crippen molar-refractivity contribution in [2.75, 3.05) is 6.54 Å². The van der Waals surface area contributed by atoms with Crippen molar-refractivity contribution in [3.63, 3.8) is 0 Å². The van der Waals surface area contributed by atoms with Crippen LogP contribution in [-0.2, 0) is 19.1 Å². The third kappa shape index (κ3) is 10.4. The van der Waals surface area contributed by atoms with E-state index in [9.17, 15) is 19.8 Å². The fourth-order valence-electron chi connectivity index (χ4n) is 5.21. The second kappa shape index (κ2) is 14.8. The molecule has 7 unspecified atom stereocenters. The number of carbonyl (C=O) groups excluding carboxylic acids is 2. The average Bonchev–Trinajstić information content (AvgIpc) is 3.58. The minimum absolute atomic E-state index is 0.0185. The van der Waals surface area contributed by atoms with Gasteiger partial charge in [0.25, 0.3) is 0 Å². The summed E-state index contributed by atoms with van der Waals surface area (Å²) in [4.78, 5) is 26.4. The fourth-order valence-corrected chi connectivity index (χ4v) is 5.21. The number of rotatable bonds is 10. The molecule has 2 N–H and O–H groups in total. The van der Waals surface area contributed by atoms with E-state index in [0.29, 0.717) is 32.2 Å². The highest BCUT2D eigenvalue weighted by Crippen LogP contribution is 2.37. The molecule has 0 bridgehead atoms. The van der Waals surface area contributed by atoms with Crippen LogP contribution in [0.2, 0.25) is 0 Å². The van der Waals surface area contributed by atoms with Crippen molar-refractivity contribution in [3.8, 4) is 0 Å². The molecule has 0 spiro atoms. The van der Waals surface area contributed by atoms with E-state index in [-0.39, 0.29) is 42.1 Å². The first-order valence-electron chi connectivity index (χ1n) is 14.0. The van der Waals surface area contributed by atoms with Gasteiger partial charge < -0.3 is 24.6 Å². The van der Waals surface area contributed by atoms with E-state index in [1.54, 1.807) is 13.0 Å². The topological polar surface area (TPSA) is 99.6 Å². The van der Waals surface area contributed by atoms with E-state index >= 15 is 0 Å². The third-order valence-electron chi connectivity index (χ3n) is 7.56. The van der Waals surface area contributed by atoms with Gasteiger partial charge in [-0.2, -0.15) is 0 Å². The van der Waals surface area contributed by atoms with Gasteiger partial charge in [-0.1, -0.05) is 50.1 Å². The number of nitrogens with zero attached hydrogens (tertiary/aromatic N) is 1. The van der Waals surface area contributed by atoms with Crippen LogP contribution in [0.4, 0.5) is 0 Å². The molecule has 0 saturated carbocycles. The van der Waals surface area contributed by atoms with Gasteiger partial charge in [-0.25, -0.2) is 0 Å². The number of likely N-dealkylation sites (N-methyl/N-ethyl adjacent to an activating group) is 1. The lowest BCUT2D eigenvalue weighted by atomic mass is 9.91. The number of allylic oxidation sites excluding steroid dienone is 2. The Hall–Kier alpha value is -1.96. The van der Waals surface area contributed by atoms with Crippen molar-refractivity contribution in [2.45, 2.75) is 129 Å². The largest absolute Gasteiger partial charge is 0.458 e. The number of esters is 1. The summed E-state index contributed by atoms with van der Waals surface area (Å²) in [7, 11) is 0. The number of amides is 1. The third-order valence-corrected chi connectivity index (χ3v) is 7.56. The van der Waals surface area contributed by atoms with Crippen LogP contribution in [0.3, 0.4) is 0 Å². The zero-order valence-corrected chi connectivity index (χ0v) is 23.7. The standard InChI is InChI=1S/C30H49NO6/c1-7-26(33)22(4)29-27(37-29)20-30(6,35)19-13-14-21(3)25-17-12-16-24(36-23(5)32)15-10-9-11-18-28(34)31(25)8-2/h12-14,16,19,22,24-27,29,33,35H,7-11,15,17-18,20H2,1-6H3/b16-12+,19-13+,21-14+. The van der Waals surface area contributed by atoms with Crippen LogP contribution in [-0.4, -0.2) is 69.6 Å². The van der Waals surface area contributed by atoms with Crippen LogP contribution in [0, 0.1) is 5.92 Å². The number of aliphatic hydroxyl groups excluding tert-OH is 1. The summed E-state index contributed by atoms with van der Waals surface area (Å²) >= 11 is 0. The van der Waals surface area contributed by atoms with E-state index in [2.05, 4.69) is 0 Å². The predicted molar refractivity (Wildman–Crippen MR) is 146 cm³/mol. The Morgan fingerprint density at radius 1 is 1.30 bits per heavy atom. The smallest absolute Gasteiger partial charge is 0.303 e. The van der Waals surface area contributed by atoms with Gasteiger partial charge in [0.05, 0.1) is 30.0 Å². The summed E-state index contributed by atoms with van der Waals surface area (Å²) in [5, 5.41) is 21.0. The first kappa shape index (κ1) is 31.3. The molecule has 2 rings (SSSR count). The molecule has 1 saturated heterocycles. The highest BCUT2D eigenvalue weighted by atomic mass is 16.6. The minimum atomic E-state index is -1.04. The van der Waals surface area contributed by atoms with Gasteiger partial charge in [0, 0.05) is 32.2 Å². The number of carbonyl (C=O) groups is 2. The quantitative estimate of drug-likeness (QED) is 0.185. The molecule has 0 aromatic rings. The molecule has 0 aromatic carbocycles. The molecule has 0 aromatic heterocycles. The molecule has 0 aliphatic carbocycles. The predicted octanol–water partition coefficient (Wildman–Crippen LogP) is 4.86. The van der Waals surface area contributed by atoms with Gasteiger partial charge in [0.2, 0.25) is 5.91 Å². The van der Waals surface area contributed by atoms with Crippen molar-refractivity contribution in [1.82, 2.24) is 4.90 Å². The number of epoxide rings is 1. The molecule has 7 atom stereocenters. The minimum Gasteiger partial charge on any atom is -0.458 e. The number of hydrogen-bond acceptors (Lipinski definition) is 6. The highest BCUT2D eigenvalue weighted by molar-refractivity contribution is 5.77. The van der Waals surface area contributed by atoms with Gasteiger partial charge >= 0.3 is 5.97 Å². The molecule has 7 nitrogen and oxygen atoms in total. The van der Waals surface area contributed by atoms with Gasteiger partial charge in [-0.3, -0.25) is 9.59 Å². The first-order valence-corrected chi connectivity index (χ1v) is 14.0. The molecule has 37 heavy (non-hydrogen) atoms. The van der Waals surface area contributed by atoms with Crippen LogP contribution in [0.5, 0.6) is 0 Å². The van der Waals surface area contributed by atoms with E-state index in [1.807, 2.05) is 56.9 Å². The molecule has 2 aliphatic heterocycles. The Bertz CT molecular complexity index is 832. The molecule has 1 fully saturated rings. The van der Waals surface area contributed by atoms with E-state index in [1.165, 1.54) is 6.92 Å². The van der Waals surface area contributed by atoms with E-state index in [0.717, 1.165) is 31.3 Å². The van der Waals surface area contributed by atoms with E-state index < -0.39 is 11.7 Å². The molecular formula is C30H49NO6. The van der Waals surface area contributed by atoms with Crippen LogP contribution in [0.25, 0.3) is 0 Å². The zero-order chi connectivity index (χ0) is 27.6. The summed E-state index contributed by atoms with van der Waals surface area (Å²) < 4.78 is 11.2. The molecule has 2 heterocycles. The summed E-state index contributed by atoms with van der Waals surface area (Å²) in [5.41, 5.74) is -0.0231. The molecular weight excluding hydrogens is 470 g/mol. The summed E-state index contributed by atoms with van der Waals surface area (Å²) in [6.07, 6.45) is 14.6. The molecule has 210 valence electrons. The van der Waals surface area contributed by atoms with Crippen molar-refractivity contribution in [1.29, 1.82) is 0 Å². The van der Waals surface area contributed by atoms with Crippen LogP contribution in [0.15, 0.2) is 36.0 Å². The fraction of sp³-hybridized carbons (Fsp3) is 0.733. The van der Waals surface area contributed by atoms with Gasteiger partial charge in [-0.15, -0.1) is 0 Å². The number of ether oxygens (including phenoxy) is 2. The summed E-state index contributed by atoms with van der Waals surface area (Å²) in [5.74, 6) is -0.0815. The lowest BCUT2D eigenvalue weighted by molar-refractivity contribution is -0.144. The maximum Gasteiger partial charge on any atom is 0.303 e. The zero-order valence-electron chi connectivity index (χ0n) is 23.7. The number of aliphatic hydroxyl groups is 2. The van der Waals surface area contributed by atoms with Crippen LogP contribution < -0.4 is 0 Å². The second-order valence-corrected chi connectivity index (χ2v) is 10.9. The first-order chi connectivity index (χ1) is 17.5. The van der Waals surface area contributed by atoms with Gasteiger partial charge in [0.1, 0.15) is 6.10 Å². The maximum absolute atomic E-state index is 13.0. The molecule has 2 aliphatic rings.